The third-order valence-corrected chi connectivity index (χ3v) is 15.4. The first-order valence-electron chi connectivity index (χ1n) is 24.3. The van der Waals surface area contributed by atoms with Gasteiger partial charge in [0.25, 0.3) is 0 Å². The minimum Gasteiger partial charge on any atom is -0.497 e. The van der Waals surface area contributed by atoms with Gasteiger partial charge in [-0.25, -0.2) is 19.2 Å². The van der Waals surface area contributed by atoms with E-state index in [9.17, 15) is 24.3 Å². The molecular weight excluding hydrogens is 947 g/mol. The highest BCUT2D eigenvalue weighted by Gasteiger charge is 2.78. The molecule has 2 saturated carbocycles. The Balaban J connectivity index is 1.32. The SMILES string of the molecule is COCC(=O)O[C@H]1C(=O)[C@]2(C)[C@@H](OC)C[C@H]3OC[C@@]3(OC(C)=O)[C@H]2[C@H](OC(=O)c2ccccc2)[C@]2(O)C[C@H](OC(=O)[C@@H]3O[C@H](c4ccc(OC)cc4)N(C(=O)OC(C)(C)C)[C@H]3c3ccccc3)C(C)=C1C2(C)C. The zero-order valence-electron chi connectivity index (χ0n) is 43.0. The predicted octanol–water partition coefficient (Wildman–Crippen LogP) is 6.57. The Morgan fingerprint density at radius 1 is 0.849 bits per heavy atom. The number of carbonyl (C=O) groups excluding carboxylic acids is 6. The van der Waals surface area contributed by atoms with E-state index in [2.05, 4.69) is 0 Å². The quantitative estimate of drug-likeness (QED) is 0.115. The van der Waals surface area contributed by atoms with Crippen LogP contribution in [0.1, 0.15) is 102 Å². The molecule has 8 rings (SSSR count). The third kappa shape index (κ3) is 9.19. The number of esters is 4. The van der Waals surface area contributed by atoms with Gasteiger partial charge < -0.3 is 52.5 Å². The Morgan fingerprint density at radius 2 is 1.49 bits per heavy atom. The highest BCUT2D eigenvalue weighted by Crippen LogP contribution is 2.65. The molecule has 392 valence electrons. The first kappa shape index (κ1) is 53.1. The number of rotatable bonds is 12. The van der Waals surface area contributed by atoms with Gasteiger partial charge in [-0.3, -0.25) is 14.5 Å². The van der Waals surface area contributed by atoms with Crippen molar-refractivity contribution in [3.63, 3.8) is 0 Å². The summed E-state index contributed by atoms with van der Waals surface area (Å²) >= 11 is 0. The monoisotopic (exact) mass is 1010 g/mol. The number of Topliss-reactive ketones (excluding diaryl/α,β-unsaturated/α-hetero) is 1. The van der Waals surface area contributed by atoms with Gasteiger partial charge in [-0.2, -0.15) is 0 Å². The maximum atomic E-state index is 16.1. The van der Waals surface area contributed by atoms with E-state index in [1.165, 1.54) is 45.3 Å². The molecule has 3 aliphatic carbocycles. The van der Waals surface area contributed by atoms with Gasteiger partial charge in [0.05, 0.1) is 36.7 Å². The largest absolute Gasteiger partial charge is 0.497 e. The van der Waals surface area contributed by atoms with E-state index in [1.807, 2.05) is 0 Å². The standard InChI is InChI=1S/C55H65NO17/c1-30-36(68-49(61)43-41(32-18-14-12-15-19-32)56(50(62)73-51(3,4)5)47(70-43)33-22-24-35(65-10)25-23-33)27-55(63)46(71-48(60)34-20-16-13-17-21-34)44-53(8,37(66-11)26-38-54(44,29-67-38)72-31(2)57)45(59)42(40(30)52(55,6)7)69-39(58)28-64-9/h12-25,36-38,41-44,46-47,63H,26-29H2,1-11H3/t36-,37-,38+,41-,42+,43+,44-,46-,47+,53+,54-,55+/m0/s1. The van der Waals surface area contributed by atoms with Crippen LogP contribution in [0.2, 0.25) is 0 Å². The summed E-state index contributed by atoms with van der Waals surface area (Å²) in [6.45, 7) is 11.9. The lowest BCUT2D eigenvalue weighted by atomic mass is 9.44. The summed E-state index contributed by atoms with van der Waals surface area (Å²) in [7, 11) is 4.19. The molecule has 73 heavy (non-hydrogen) atoms. The number of benzene rings is 3. The number of aliphatic hydroxyl groups is 1. The summed E-state index contributed by atoms with van der Waals surface area (Å²) < 4.78 is 61.0. The van der Waals surface area contributed by atoms with Gasteiger partial charge in [0.1, 0.15) is 47.9 Å². The van der Waals surface area contributed by atoms with Crippen LogP contribution in [0.5, 0.6) is 5.75 Å². The Labute approximate surface area is 424 Å². The van der Waals surface area contributed by atoms with Crippen molar-refractivity contribution in [2.75, 3.05) is 34.5 Å². The first-order valence-corrected chi connectivity index (χ1v) is 24.3. The molecule has 18 nitrogen and oxygen atoms in total. The lowest BCUT2D eigenvalue weighted by Crippen LogP contribution is -2.82. The molecule has 2 bridgehead atoms. The number of fused-ring (bicyclic) bond motifs is 5. The van der Waals surface area contributed by atoms with Crippen molar-refractivity contribution >= 4 is 35.8 Å². The predicted molar refractivity (Wildman–Crippen MR) is 257 cm³/mol. The lowest BCUT2D eigenvalue weighted by Gasteiger charge is -2.67. The van der Waals surface area contributed by atoms with Crippen molar-refractivity contribution in [2.45, 2.75) is 134 Å². The van der Waals surface area contributed by atoms with Crippen molar-refractivity contribution < 1.29 is 81.2 Å². The van der Waals surface area contributed by atoms with Gasteiger partial charge in [-0.1, -0.05) is 74.5 Å². The summed E-state index contributed by atoms with van der Waals surface area (Å²) in [5.41, 5.74) is -7.26. The Bertz CT molecular complexity index is 2630. The first-order chi connectivity index (χ1) is 34.5. The summed E-state index contributed by atoms with van der Waals surface area (Å²) in [5, 5.41) is 14.2. The van der Waals surface area contributed by atoms with Crippen molar-refractivity contribution in [1.82, 2.24) is 4.90 Å². The van der Waals surface area contributed by atoms with Gasteiger partial charge >= 0.3 is 30.0 Å². The van der Waals surface area contributed by atoms with Crippen LogP contribution < -0.4 is 4.74 Å². The Kier molecular flexibility index (Phi) is 14.5. The van der Waals surface area contributed by atoms with E-state index in [1.54, 1.807) is 121 Å². The van der Waals surface area contributed by atoms with Crippen molar-refractivity contribution in [3.8, 4) is 5.75 Å². The summed E-state index contributed by atoms with van der Waals surface area (Å²) in [6.07, 6.45) is -11.0. The number of ketones is 1. The van der Waals surface area contributed by atoms with E-state index in [0.29, 0.717) is 16.9 Å². The van der Waals surface area contributed by atoms with Gasteiger partial charge in [0, 0.05) is 45.0 Å². The molecule has 0 radical (unpaired) electrons. The van der Waals surface area contributed by atoms with E-state index >= 15 is 9.59 Å². The summed E-state index contributed by atoms with van der Waals surface area (Å²) in [6, 6.07) is 22.4. The molecule has 3 aromatic carbocycles. The fourth-order valence-electron chi connectivity index (χ4n) is 11.9. The third-order valence-electron chi connectivity index (χ3n) is 15.4. The molecule has 12 atom stereocenters. The fraction of sp³-hybridized carbons (Fsp3) is 0.527. The topological polar surface area (TPSA) is 218 Å². The number of carbonyl (C=O) groups is 6. The number of ether oxygens (including phenoxy) is 10. The minimum atomic E-state index is -2.37. The average Bonchev–Trinajstić information content (AvgIpc) is 3.75. The molecule has 0 spiro atoms. The van der Waals surface area contributed by atoms with E-state index in [0.717, 1.165) is 0 Å². The van der Waals surface area contributed by atoms with Crippen LogP contribution in [0.25, 0.3) is 0 Å². The average molecular weight is 1010 g/mol. The van der Waals surface area contributed by atoms with Crippen molar-refractivity contribution in [2.24, 2.45) is 16.7 Å². The molecular formula is C55H65NO17. The second kappa shape index (κ2) is 19.9. The highest BCUT2D eigenvalue weighted by atomic mass is 16.6. The maximum absolute atomic E-state index is 16.1. The van der Waals surface area contributed by atoms with Crippen molar-refractivity contribution in [3.05, 3.63) is 113 Å². The Morgan fingerprint density at radius 3 is 2.05 bits per heavy atom. The highest BCUT2D eigenvalue weighted by molar-refractivity contribution is 5.96. The van der Waals surface area contributed by atoms with Crippen LogP contribution in [0, 0.1) is 16.7 Å². The fourth-order valence-corrected chi connectivity index (χ4v) is 11.9. The van der Waals surface area contributed by atoms with E-state index in [4.69, 9.17) is 47.4 Å². The van der Waals surface area contributed by atoms with Gasteiger partial charge in [-0.05, 0) is 75.6 Å². The summed E-state index contributed by atoms with van der Waals surface area (Å²) in [5.74, 6) is -5.21. The smallest absolute Gasteiger partial charge is 0.413 e. The Hall–Kier alpha value is -6.18. The normalized spacial score (nSPS) is 32.4. The zero-order chi connectivity index (χ0) is 53.0. The molecule has 2 heterocycles. The van der Waals surface area contributed by atoms with Crippen molar-refractivity contribution in [1.29, 1.82) is 0 Å². The molecule has 18 heteroatoms. The van der Waals surface area contributed by atoms with E-state index in [-0.39, 0.29) is 29.7 Å². The molecule has 0 aromatic heterocycles. The number of amides is 1. The van der Waals surface area contributed by atoms with Crippen LogP contribution in [0.3, 0.4) is 0 Å². The molecule has 3 aromatic rings. The van der Waals surface area contributed by atoms with Gasteiger partial charge in [-0.15, -0.1) is 0 Å². The number of hydrogen-bond acceptors (Lipinski definition) is 17. The maximum Gasteiger partial charge on any atom is 0.413 e. The second-order valence-electron chi connectivity index (χ2n) is 21.1. The number of nitrogens with zero attached hydrogens (tertiary/aromatic N) is 1. The zero-order valence-corrected chi connectivity index (χ0v) is 43.0. The minimum absolute atomic E-state index is 0.0164. The molecule has 1 N–H and O–H groups in total. The molecule has 0 unspecified atom stereocenters. The molecule has 5 aliphatic rings. The summed E-state index contributed by atoms with van der Waals surface area (Å²) in [4.78, 5) is 89.1. The number of hydrogen-bond donors (Lipinski definition) is 1. The lowest BCUT2D eigenvalue weighted by molar-refractivity contribution is -0.347. The van der Waals surface area contributed by atoms with Crippen LogP contribution in [-0.4, -0.2) is 134 Å². The van der Waals surface area contributed by atoms with Crippen LogP contribution in [-0.2, 0) is 61.8 Å². The van der Waals surface area contributed by atoms with Crippen LogP contribution >= 0.6 is 0 Å². The molecule has 1 amide bonds. The molecule has 2 saturated heterocycles. The van der Waals surface area contributed by atoms with Crippen LogP contribution in [0.4, 0.5) is 4.79 Å². The second-order valence-corrected chi connectivity index (χ2v) is 21.1. The van der Waals surface area contributed by atoms with Gasteiger partial charge in [0.15, 0.2) is 29.8 Å². The molecule has 2 aliphatic heterocycles. The number of methoxy groups -OCH3 is 3. The molecule has 4 fully saturated rings. The van der Waals surface area contributed by atoms with Crippen LogP contribution in [0.15, 0.2) is 96.1 Å². The van der Waals surface area contributed by atoms with Gasteiger partial charge in [0.2, 0.25) is 0 Å². The van der Waals surface area contributed by atoms with E-state index < -0.39 is 131 Å².